The minimum Gasteiger partial charge on any atom is -0.480 e. The van der Waals surface area contributed by atoms with Crippen LogP contribution in [0.2, 0.25) is 0 Å². The molecular weight excluding hydrogens is 658 g/mol. The topological polar surface area (TPSA) is 109 Å². The highest BCUT2D eigenvalue weighted by Gasteiger charge is 2.45. The first kappa shape index (κ1) is 34.4. The average molecular weight is 686 g/mol. The molecule has 1 amide bonds. The molecular formula is C31H27F8N5O4. The predicted octanol–water partition coefficient (Wildman–Crippen LogP) is 5.65. The number of aryl methyl sites for hydroxylation is 1. The lowest BCUT2D eigenvalue weighted by molar-refractivity contribution is -0.152. The van der Waals surface area contributed by atoms with E-state index < -0.39 is 82.3 Å². The van der Waals surface area contributed by atoms with E-state index in [9.17, 15) is 45.8 Å². The van der Waals surface area contributed by atoms with E-state index in [1.54, 1.807) is 0 Å². The van der Waals surface area contributed by atoms with Crippen LogP contribution in [0.1, 0.15) is 46.6 Å². The number of benzene rings is 1. The van der Waals surface area contributed by atoms with Gasteiger partial charge in [0.1, 0.15) is 34.9 Å². The molecule has 9 nitrogen and oxygen atoms in total. The Morgan fingerprint density at radius 3 is 2.33 bits per heavy atom. The normalized spacial score (nSPS) is 16.3. The van der Waals surface area contributed by atoms with Crippen molar-refractivity contribution in [2.75, 3.05) is 11.4 Å². The lowest BCUT2D eigenvalue weighted by atomic mass is 9.99. The molecule has 1 aliphatic rings. The van der Waals surface area contributed by atoms with Gasteiger partial charge in [-0.15, -0.1) is 0 Å². The van der Waals surface area contributed by atoms with Gasteiger partial charge in [-0.1, -0.05) is 0 Å². The van der Waals surface area contributed by atoms with Gasteiger partial charge in [-0.25, -0.2) is 18.6 Å². The third kappa shape index (κ3) is 6.44. The number of rotatable bonds is 7. The van der Waals surface area contributed by atoms with Gasteiger partial charge in [0.2, 0.25) is 0 Å². The lowest BCUT2D eigenvalue weighted by Gasteiger charge is -2.38. The molecule has 1 aliphatic heterocycles. The van der Waals surface area contributed by atoms with Crippen molar-refractivity contribution in [2.24, 2.45) is 7.05 Å². The van der Waals surface area contributed by atoms with Gasteiger partial charge in [0.15, 0.2) is 0 Å². The third-order valence-corrected chi connectivity index (χ3v) is 8.36. The summed E-state index contributed by atoms with van der Waals surface area (Å²) in [7, 11) is 1.30. The van der Waals surface area contributed by atoms with Crippen LogP contribution in [0, 0.1) is 18.6 Å². The van der Waals surface area contributed by atoms with Gasteiger partial charge in [-0.2, -0.15) is 26.3 Å². The van der Waals surface area contributed by atoms with Crippen LogP contribution in [0.4, 0.5) is 40.8 Å². The van der Waals surface area contributed by atoms with Gasteiger partial charge in [-0.3, -0.25) is 9.59 Å². The number of carbonyl (C=O) groups excluding carboxylic acids is 1. The van der Waals surface area contributed by atoms with E-state index in [1.807, 2.05) is 5.32 Å². The van der Waals surface area contributed by atoms with Crippen LogP contribution in [0.25, 0.3) is 16.8 Å². The molecule has 2 unspecified atom stereocenters. The molecule has 0 aliphatic carbocycles. The van der Waals surface area contributed by atoms with Crippen molar-refractivity contribution >= 4 is 23.2 Å². The molecule has 1 aromatic carbocycles. The molecule has 2 atom stereocenters. The minimum absolute atomic E-state index is 0.0478. The first-order chi connectivity index (χ1) is 22.4. The van der Waals surface area contributed by atoms with Crippen molar-refractivity contribution in [1.82, 2.24) is 19.3 Å². The fourth-order valence-corrected chi connectivity index (χ4v) is 5.90. The summed E-state index contributed by atoms with van der Waals surface area (Å²) in [4.78, 5) is 43.0. The Morgan fingerprint density at radius 2 is 1.73 bits per heavy atom. The molecule has 256 valence electrons. The molecule has 0 radical (unpaired) electrons. The van der Waals surface area contributed by atoms with Crippen LogP contribution in [-0.2, 0) is 24.4 Å². The zero-order valence-electron chi connectivity index (χ0n) is 25.2. The number of fused-ring (bicyclic) bond motifs is 1. The van der Waals surface area contributed by atoms with Crippen LogP contribution in [-0.4, -0.2) is 55.7 Å². The van der Waals surface area contributed by atoms with E-state index in [1.165, 1.54) is 36.8 Å². The quantitative estimate of drug-likeness (QED) is 0.244. The largest absolute Gasteiger partial charge is 0.480 e. The van der Waals surface area contributed by atoms with E-state index >= 15 is 8.78 Å². The van der Waals surface area contributed by atoms with Crippen LogP contribution in [0.5, 0.6) is 0 Å². The van der Waals surface area contributed by atoms with Gasteiger partial charge >= 0.3 is 18.3 Å². The molecule has 5 rings (SSSR count). The SMILES string of the molecule is Cc1cc(C(F)(F)F)c(-c2ccc(CC(NC(=O)c3c(F)cc(N4CCCCC4C(F)(F)F)cc3F)C(=O)O)n3ccnc23)c(=O)n1C. The van der Waals surface area contributed by atoms with E-state index in [4.69, 9.17) is 0 Å². The Balaban J connectivity index is 1.46. The van der Waals surface area contributed by atoms with Crippen molar-refractivity contribution in [3.63, 3.8) is 0 Å². The minimum atomic E-state index is -4.91. The van der Waals surface area contributed by atoms with Crippen molar-refractivity contribution in [1.29, 1.82) is 0 Å². The number of aliphatic carboxylic acids is 1. The maximum absolute atomic E-state index is 15.1. The number of halogens is 8. The second-order valence-corrected chi connectivity index (χ2v) is 11.4. The van der Waals surface area contributed by atoms with Gasteiger partial charge < -0.3 is 24.3 Å². The maximum atomic E-state index is 15.1. The van der Waals surface area contributed by atoms with Crippen molar-refractivity contribution in [2.45, 2.75) is 57.0 Å². The Morgan fingerprint density at radius 1 is 1.06 bits per heavy atom. The number of imidazole rings is 1. The molecule has 48 heavy (non-hydrogen) atoms. The number of anilines is 1. The van der Waals surface area contributed by atoms with Crippen molar-refractivity contribution in [3.8, 4) is 11.1 Å². The average Bonchev–Trinajstić information content (AvgIpc) is 3.49. The highest BCUT2D eigenvalue weighted by atomic mass is 19.4. The van der Waals surface area contributed by atoms with Gasteiger partial charge in [-0.05, 0) is 56.5 Å². The number of piperidine rings is 1. The van der Waals surface area contributed by atoms with Crippen LogP contribution in [0.15, 0.2) is 47.5 Å². The van der Waals surface area contributed by atoms with Crippen LogP contribution < -0.4 is 15.8 Å². The molecule has 4 aromatic rings. The zero-order chi connectivity index (χ0) is 35.3. The molecule has 2 N–H and O–H groups in total. The summed E-state index contributed by atoms with van der Waals surface area (Å²) in [5.74, 6) is -6.18. The smallest absolute Gasteiger partial charge is 0.417 e. The van der Waals surface area contributed by atoms with Gasteiger partial charge in [0.25, 0.3) is 11.5 Å². The number of carboxylic acids is 1. The lowest BCUT2D eigenvalue weighted by Crippen LogP contribution is -2.49. The molecule has 17 heteroatoms. The second-order valence-electron chi connectivity index (χ2n) is 11.4. The summed E-state index contributed by atoms with van der Waals surface area (Å²) in [5.41, 5.74) is -4.73. The van der Waals surface area contributed by atoms with E-state index in [-0.39, 0.29) is 42.0 Å². The Hall–Kier alpha value is -4.96. The van der Waals surface area contributed by atoms with Gasteiger partial charge in [0, 0.05) is 55.0 Å². The summed E-state index contributed by atoms with van der Waals surface area (Å²) < 4.78 is 115. The maximum Gasteiger partial charge on any atom is 0.417 e. The highest BCUT2D eigenvalue weighted by molar-refractivity contribution is 5.97. The predicted molar refractivity (Wildman–Crippen MR) is 156 cm³/mol. The number of amides is 1. The Kier molecular flexibility index (Phi) is 9.01. The Bertz CT molecular complexity index is 1940. The summed E-state index contributed by atoms with van der Waals surface area (Å²) in [6.07, 6.45) is -7.35. The molecule has 3 aromatic heterocycles. The third-order valence-electron chi connectivity index (χ3n) is 8.36. The molecule has 0 bridgehead atoms. The number of alkyl halides is 6. The van der Waals surface area contributed by atoms with Gasteiger partial charge in [0.05, 0.1) is 11.1 Å². The summed E-state index contributed by atoms with van der Waals surface area (Å²) >= 11 is 0. The van der Waals surface area contributed by atoms with E-state index in [2.05, 4.69) is 4.98 Å². The first-order valence-corrected chi connectivity index (χ1v) is 14.5. The number of nitrogens with zero attached hydrogens (tertiary/aromatic N) is 4. The highest BCUT2D eigenvalue weighted by Crippen LogP contribution is 2.38. The summed E-state index contributed by atoms with van der Waals surface area (Å²) in [5, 5.41) is 11.9. The summed E-state index contributed by atoms with van der Waals surface area (Å²) in [6, 6.07) is 0.506. The fourth-order valence-electron chi connectivity index (χ4n) is 5.90. The molecule has 0 spiro atoms. The number of carboxylic acid groups (broad SMARTS) is 1. The van der Waals surface area contributed by atoms with Crippen LogP contribution >= 0.6 is 0 Å². The molecule has 1 saturated heterocycles. The first-order valence-electron chi connectivity index (χ1n) is 14.5. The van der Waals surface area contributed by atoms with E-state index in [0.717, 1.165) is 21.6 Å². The Labute approximate surface area is 266 Å². The molecule has 1 fully saturated rings. The molecule has 0 saturated carbocycles. The standard InChI is InChI=1S/C31H27F8N5O4/c1-15-11-19(30(34,35)36)24(28(46)42(15)2)18-7-6-16(44-10-8-40-26(18)44)14-22(29(47)48)41-27(45)25-20(32)12-17(13-21(25)33)43-9-4-3-5-23(43)31(37,38)39/h6-8,10-13,22-23H,3-5,9,14H2,1-2H3,(H,41,45)(H,47,48). The number of carbonyl (C=O) groups is 2. The molecule has 4 heterocycles. The number of nitrogens with one attached hydrogen (secondary N) is 1. The second kappa shape index (κ2) is 12.6. The zero-order valence-corrected chi connectivity index (χ0v) is 25.2. The monoisotopic (exact) mass is 685 g/mol. The van der Waals surface area contributed by atoms with Crippen LogP contribution in [0.3, 0.4) is 0 Å². The fraction of sp³-hybridized carbons (Fsp3) is 0.355. The number of aromatic nitrogens is 3. The number of hydrogen-bond acceptors (Lipinski definition) is 5. The number of pyridine rings is 2. The summed E-state index contributed by atoms with van der Waals surface area (Å²) in [6.45, 7) is 1.20. The van der Waals surface area contributed by atoms with Crippen molar-refractivity contribution < 1.29 is 49.8 Å². The van der Waals surface area contributed by atoms with E-state index in [0.29, 0.717) is 18.6 Å². The number of hydrogen-bond donors (Lipinski definition) is 2. The van der Waals surface area contributed by atoms with Crippen molar-refractivity contribution in [3.05, 3.63) is 87.2 Å².